The zero-order valence-corrected chi connectivity index (χ0v) is 16.3. The fourth-order valence-electron chi connectivity index (χ4n) is 3.12. The van der Waals surface area contributed by atoms with Gasteiger partial charge in [0, 0.05) is 18.7 Å². The predicted molar refractivity (Wildman–Crippen MR) is 105 cm³/mol. The van der Waals surface area contributed by atoms with Crippen LogP contribution in [0.4, 0.5) is 5.69 Å². The van der Waals surface area contributed by atoms with Crippen LogP contribution in [0.15, 0.2) is 53.4 Å². The summed E-state index contributed by atoms with van der Waals surface area (Å²) in [6.45, 7) is 3.59. The van der Waals surface area contributed by atoms with Crippen molar-refractivity contribution in [2.75, 3.05) is 24.9 Å². The number of hydrogen-bond donors (Lipinski definition) is 1. The number of carbonyl (C=O) groups excluding carboxylic acids is 1. The molecule has 0 atom stereocenters. The molecular formula is C20H24N2O4S. The smallest absolute Gasteiger partial charge is 0.262 e. The Hall–Kier alpha value is -2.54. The summed E-state index contributed by atoms with van der Waals surface area (Å²) in [5.74, 6) is 0.915. The Labute approximate surface area is 160 Å². The third kappa shape index (κ3) is 4.42. The minimum atomic E-state index is -3.84. The summed E-state index contributed by atoms with van der Waals surface area (Å²) in [6.07, 6.45) is 1.94. The van der Waals surface area contributed by atoms with Crippen LogP contribution in [0.1, 0.15) is 30.1 Å². The second kappa shape index (κ2) is 8.00. The van der Waals surface area contributed by atoms with Gasteiger partial charge in [0.25, 0.3) is 15.9 Å². The van der Waals surface area contributed by atoms with E-state index < -0.39 is 10.0 Å². The lowest BCUT2D eigenvalue weighted by Gasteiger charge is -2.30. The number of carbonyl (C=O) groups is 1. The van der Waals surface area contributed by atoms with Gasteiger partial charge in [-0.1, -0.05) is 25.1 Å². The van der Waals surface area contributed by atoms with Crippen molar-refractivity contribution < 1.29 is 17.9 Å². The van der Waals surface area contributed by atoms with Crippen LogP contribution in [0.25, 0.3) is 0 Å². The Morgan fingerprint density at radius 3 is 2.52 bits per heavy atom. The molecule has 144 valence electrons. The molecule has 1 fully saturated rings. The first-order valence-corrected chi connectivity index (χ1v) is 10.4. The summed E-state index contributed by atoms with van der Waals surface area (Å²) in [5.41, 5.74) is 0.731. The van der Waals surface area contributed by atoms with E-state index in [-0.39, 0.29) is 10.8 Å². The van der Waals surface area contributed by atoms with Crippen LogP contribution < -0.4 is 9.46 Å². The van der Waals surface area contributed by atoms with Crippen molar-refractivity contribution in [1.82, 2.24) is 4.90 Å². The summed E-state index contributed by atoms with van der Waals surface area (Å²) in [7, 11) is -2.36. The van der Waals surface area contributed by atoms with Crippen LogP contribution in [-0.2, 0) is 10.0 Å². The van der Waals surface area contributed by atoms with E-state index in [1.54, 1.807) is 41.3 Å². The molecule has 0 saturated carbocycles. The van der Waals surface area contributed by atoms with Gasteiger partial charge in [-0.15, -0.1) is 0 Å². The topological polar surface area (TPSA) is 75.7 Å². The number of rotatable bonds is 5. The van der Waals surface area contributed by atoms with Gasteiger partial charge in [-0.2, -0.15) is 0 Å². The summed E-state index contributed by atoms with van der Waals surface area (Å²) in [5, 5.41) is 0. The molecule has 27 heavy (non-hydrogen) atoms. The molecule has 1 N–H and O–H groups in total. The van der Waals surface area contributed by atoms with Crippen LogP contribution >= 0.6 is 0 Å². The molecule has 0 radical (unpaired) electrons. The van der Waals surface area contributed by atoms with Crippen molar-refractivity contribution in [3.8, 4) is 5.75 Å². The minimum Gasteiger partial charge on any atom is -0.495 e. The van der Waals surface area contributed by atoms with Crippen molar-refractivity contribution in [3.63, 3.8) is 0 Å². The highest BCUT2D eigenvalue weighted by molar-refractivity contribution is 7.92. The number of amides is 1. The van der Waals surface area contributed by atoms with Crippen LogP contribution in [0.2, 0.25) is 0 Å². The van der Waals surface area contributed by atoms with E-state index in [1.165, 1.54) is 19.2 Å². The van der Waals surface area contributed by atoms with Crippen LogP contribution in [0.3, 0.4) is 0 Å². The summed E-state index contributed by atoms with van der Waals surface area (Å²) in [6, 6.07) is 12.9. The minimum absolute atomic E-state index is 0.0460. The first-order valence-electron chi connectivity index (χ1n) is 8.96. The number of hydrogen-bond acceptors (Lipinski definition) is 4. The van der Waals surface area contributed by atoms with Crippen LogP contribution in [0, 0.1) is 5.92 Å². The van der Waals surface area contributed by atoms with E-state index in [2.05, 4.69) is 11.6 Å². The molecule has 1 saturated heterocycles. The van der Waals surface area contributed by atoms with Gasteiger partial charge in [0.05, 0.1) is 17.7 Å². The average Bonchev–Trinajstić information content (AvgIpc) is 2.68. The van der Waals surface area contributed by atoms with Crippen molar-refractivity contribution in [2.24, 2.45) is 5.92 Å². The third-order valence-corrected chi connectivity index (χ3v) is 6.18. The normalized spacial score (nSPS) is 15.4. The number of methoxy groups -OCH3 is 1. The molecule has 1 heterocycles. The molecule has 2 aromatic carbocycles. The molecule has 0 aliphatic carbocycles. The number of nitrogens with one attached hydrogen (secondary N) is 1. The number of ether oxygens (including phenoxy) is 1. The van der Waals surface area contributed by atoms with E-state index in [0.29, 0.717) is 36.0 Å². The van der Waals surface area contributed by atoms with Crippen LogP contribution in [0.5, 0.6) is 5.75 Å². The quantitative estimate of drug-likeness (QED) is 0.852. The lowest BCUT2D eigenvalue weighted by atomic mass is 9.98. The molecule has 1 aliphatic heterocycles. The molecule has 6 nitrogen and oxygen atoms in total. The highest BCUT2D eigenvalue weighted by atomic mass is 32.2. The van der Waals surface area contributed by atoms with E-state index in [9.17, 15) is 13.2 Å². The first kappa shape index (κ1) is 19.2. The maximum atomic E-state index is 12.8. The second-order valence-corrected chi connectivity index (χ2v) is 8.49. The predicted octanol–water partition coefficient (Wildman–Crippen LogP) is 3.37. The second-order valence-electron chi connectivity index (χ2n) is 6.81. The number of piperidine rings is 1. The Bertz CT molecular complexity index is 919. The molecule has 0 unspecified atom stereocenters. The van der Waals surface area contributed by atoms with Gasteiger partial charge >= 0.3 is 0 Å². The standard InChI is InChI=1S/C20H24N2O4S/c1-15-10-12-22(13-11-15)20(23)16-6-5-7-17(14-16)27(24,25)21-18-8-3-4-9-19(18)26-2/h3-9,14-15,21H,10-13H2,1-2H3. The highest BCUT2D eigenvalue weighted by Gasteiger charge is 2.23. The van der Waals surface area contributed by atoms with E-state index in [0.717, 1.165) is 12.8 Å². The van der Waals surface area contributed by atoms with Gasteiger partial charge < -0.3 is 9.64 Å². The average molecular weight is 388 g/mol. The molecule has 1 amide bonds. The van der Waals surface area contributed by atoms with E-state index in [4.69, 9.17) is 4.74 Å². The maximum absolute atomic E-state index is 12.8. The van der Waals surface area contributed by atoms with Gasteiger partial charge in [-0.25, -0.2) is 8.42 Å². The molecule has 0 spiro atoms. The largest absolute Gasteiger partial charge is 0.495 e. The maximum Gasteiger partial charge on any atom is 0.262 e. The van der Waals surface area contributed by atoms with E-state index >= 15 is 0 Å². The lowest BCUT2D eigenvalue weighted by Crippen LogP contribution is -2.37. The molecule has 0 bridgehead atoms. The number of likely N-dealkylation sites (tertiary alicyclic amines) is 1. The molecule has 3 rings (SSSR count). The molecule has 2 aromatic rings. The number of sulfonamides is 1. The monoisotopic (exact) mass is 388 g/mol. The Morgan fingerprint density at radius 2 is 1.81 bits per heavy atom. The van der Waals surface area contributed by atoms with Crippen LogP contribution in [-0.4, -0.2) is 39.4 Å². The fraction of sp³-hybridized carbons (Fsp3) is 0.350. The van der Waals surface area contributed by atoms with Gasteiger partial charge in [0.1, 0.15) is 5.75 Å². The zero-order valence-electron chi connectivity index (χ0n) is 15.5. The van der Waals surface area contributed by atoms with Crippen molar-refractivity contribution in [3.05, 3.63) is 54.1 Å². The van der Waals surface area contributed by atoms with Gasteiger partial charge in [0.15, 0.2) is 0 Å². The zero-order chi connectivity index (χ0) is 19.4. The highest BCUT2D eigenvalue weighted by Crippen LogP contribution is 2.26. The van der Waals surface area contributed by atoms with Crippen molar-refractivity contribution in [1.29, 1.82) is 0 Å². The number of nitrogens with zero attached hydrogens (tertiary/aromatic N) is 1. The van der Waals surface area contributed by atoms with Gasteiger partial charge in [-0.3, -0.25) is 9.52 Å². The Morgan fingerprint density at radius 1 is 1.11 bits per heavy atom. The first-order chi connectivity index (χ1) is 12.9. The summed E-state index contributed by atoms with van der Waals surface area (Å²) >= 11 is 0. The van der Waals surface area contributed by atoms with E-state index in [1.807, 2.05) is 0 Å². The Kier molecular flexibility index (Phi) is 5.70. The molecular weight excluding hydrogens is 364 g/mol. The van der Waals surface area contributed by atoms with Gasteiger partial charge in [-0.05, 0) is 49.1 Å². The number of para-hydroxylation sites is 2. The number of anilines is 1. The van der Waals surface area contributed by atoms with Gasteiger partial charge in [0.2, 0.25) is 0 Å². The Balaban J connectivity index is 1.82. The molecule has 0 aromatic heterocycles. The SMILES string of the molecule is COc1ccccc1NS(=O)(=O)c1cccc(C(=O)N2CCC(C)CC2)c1. The summed E-state index contributed by atoms with van der Waals surface area (Å²) < 4.78 is 33.3. The molecule has 1 aliphatic rings. The third-order valence-electron chi connectivity index (χ3n) is 4.81. The lowest BCUT2D eigenvalue weighted by molar-refractivity contribution is 0.0697. The molecule has 7 heteroatoms. The van der Waals surface area contributed by atoms with Crippen molar-refractivity contribution >= 4 is 21.6 Å². The fourth-order valence-corrected chi connectivity index (χ4v) is 4.24. The van der Waals surface area contributed by atoms with Crippen molar-refractivity contribution in [2.45, 2.75) is 24.7 Å². The summed E-state index contributed by atoms with van der Waals surface area (Å²) in [4.78, 5) is 14.6. The number of benzene rings is 2.